The van der Waals surface area contributed by atoms with Crippen LogP contribution < -0.4 is 5.32 Å². The van der Waals surface area contributed by atoms with Crippen molar-refractivity contribution in [1.82, 2.24) is 5.32 Å². The van der Waals surface area contributed by atoms with Crippen LogP contribution in [0.1, 0.15) is 42.1 Å². The third kappa shape index (κ3) is 4.37. The third-order valence-electron chi connectivity index (χ3n) is 3.32. The fourth-order valence-electron chi connectivity index (χ4n) is 2.14. The van der Waals surface area contributed by atoms with Gasteiger partial charge < -0.3 is 5.32 Å². The van der Waals surface area contributed by atoms with Gasteiger partial charge in [0.05, 0.1) is 0 Å². The van der Waals surface area contributed by atoms with E-state index >= 15 is 0 Å². The zero-order valence-electron chi connectivity index (χ0n) is 12.5. The molecule has 1 N–H and O–H groups in total. The van der Waals surface area contributed by atoms with E-state index in [4.69, 9.17) is 0 Å². The van der Waals surface area contributed by atoms with Gasteiger partial charge >= 0.3 is 0 Å². The van der Waals surface area contributed by atoms with E-state index in [1.54, 1.807) is 0 Å². The van der Waals surface area contributed by atoms with Crippen LogP contribution in [0, 0.1) is 0 Å². The van der Waals surface area contributed by atoms with Crippen molar-refractivity contribution in [1.29, 1.82) is 0 Å². The van der Waals surface area contributed by atoms with Gasteiger partial charge in [0.1, 0.15) is 0 Å². The minimum Gasteiger partial charge on any atom is -0.310 e. The summed E-state index contributed by atoms with van der Waals surface area (Å²) >= 11 is 3.87. The first-order chi connectivity index (χ1) is 9.72. The summed E-state index contributed by atoms with van der Waals surface area (Å²) in [4.78, 5) is 4.31. The lowest BCUT2D eigenvalue weighted by atomic mass is 10.1. The summed E-state index contributed by atoms with van der Waals surface area (Å²) in [6.07, 6.45) is 1.14. The van der Waals surface area contributed by atoms with Gasteiger partial charge in [-0.05, 0) is 49.7 Å². The van der Waals surface area contributed by atoms with Gasteiger partial charge in [-0.3, -0.25) is 0 Å². The maximum absolute atomic E-state index is 3.47. The zero-order chi connectivity index (χ0) is 14.4. The Hall–Kier alpha value is -0.770. The fraction of sp³-hybridized carbons (Fsp3) is 0.412. The van der Waals surface area contributed by atoms with E-state index in [0.717, 1.165) is 18.7 Å². The Morgan fingerprint density at radius 2 is 1.95 bits per heavy atom. The minimum atomic E-state index is 0.425. The molecule has 0 spiro atoms. The van der Waals surface area contributed by atoms with Crippen LogP contribution in [0.3, 0.4) is 0 Å². The van der Waals surface area contributed by atoms with Crippen molar-refractivity contribution in [2.24, 2.45) is 0 Å². The number of nitrogens with one attached hydrogen (secondary N) is 1. The number of thiophene rings is 1. The molecule has 2 aromatic rings. The molecular weight excluding hydrogens is 282 g/mol. The lowest BCUT2D eigenvalue weighted by Crippen LogP contribution is -2.17. The molecule has 0 saturated carbocycles. The second kappa shape index (κ2) is 7.87. The van der Waals surface area contributed by atoms with Crippen LogP contribution in [0.15, 0.2) is 41.3 Å². The van der Waals surface area contributed by atoms with Crippen molar-refractivity contribution < 1.29 is 0 Å². The Morgan fingerprint density at radius 3 is 2.65 bits per heavy atom. The van der Waals surface area contributed by atoms with Crippen molar-refractivity contribution in [3.05, 3.63) is 51.7 Å². The lowest BCUT2D eigenvalue weighted by molar-refractivity contribution is 0.597. The van der Waals surface area contributed by atoms with Crippen molar-refractivity contribution in [3.8, 4) is 0 Å². The van der Waals surface area contributed by atoms with E-state index in [0.29, 0.717) is 6.04 Å². The van der Waals surface area contributed by atoms with Gasteiger partial charge in [0.25, 0.3) is 0 Å². The van der Waals surface area contributed by atoms with Crippen LogP contribution in [0.2, 0.25) is 0 Å². The molecule has 3 heteroatoms. The largest absolute Gasteiger partial charge is 0.310 e. The minimum absolute atomic E-state index is 0.425. The van der Waals surface area contributed by atoms with Crippen LogP contribution in [-0.2, 0) is 12.2 Å². The summed E-state index contributed by atoms with van der Waals surface area (Å²) in [6, 6.07) is 13.8. The number of benzene rings is 1. The zero-order valence-corrected chi connectivity index (χ0v) is 14.1. The van der Waals surface area contributed by atoms with Crippen LogP contribution in [0.5, 0.6) is 0 Å². The van der Waals surface area contributed by atoms with E-state index < -0.39 is 0 Å². The molecule has 1 heterocycles. The van der Waals surface area contributed by atoms with Gasteiger partial charge in [-0.15, -0.1) is 23.1 Å². The molecule has 2 rings (SSSR count). The molecule has 0 amide bonds. The highest BCUT2D eigenvalue weighted by Gasteiger charge is 2.05. The highest BCUT2D eigenvalue weighted by Crippen LogP contribution is 2.28. The molecule has 1 atom stereocenters. The average molecular weight is 306 g/mol. The first-order valence-electron chi connectivity index (χ1n) is 7.26. The van der Waals surface area contributed by atoms with Gasteiger partial charge in [0.15, 0.2) is 0 Å². The smallest absolute Gasteiger partial charge is 0.0326 e. The first-order valence-corrected chi connectivity index (χ1v) is 9.06. The highest BCUT2D eigenvalue weighted by atomic mass is 32.2. The molecule has 0 bridgehead atoms. The molecule has 0 saturated heterocycles. The van der Waals surface area contributed by atoms with Gasteiger partial charge in [0, 0.05) is 26.4 Å². The van der Waals surface area contributed by atoms with Gasteiger partial charge in [-0.2, -0.15) is 0 Å². The van der Waals surface area contributed by atoms with E-state index in [9.17, 15) is 0 Å². The van der Waals surface area contributed by atoms with E-state index in [1.165, 1.54) is 20.2 Å². The molecule has 1 aromatic carbocycles. The van der Waals surface area contributed by atoms with Crippen LogP contribution in [0.25, 0.3) is 0 Å². The molecule has 108 valence electrons. The quantitative estimate of drug-likeness (QED) is 0.699. The maximum atomic E-state index is 3.47. The van der Waals surface area contributed by atoms with Gasteiger partial charge in [0.2, 0.25) is 0 Å². The molecule has 1 aromatic heterocycles. The Morgan fingerprint density at radius 1 is 1.15 bits per heavy atom. The summed E-state index contributed by atoms with van der Waals surface area (Å²) in [5, 5.41) is 3.47. The molecule has 0 aliphatic heterocycles. The van der Waals surface area contributed by atoms with Crippen LogP contribution in [-0.4, -0.2) is 6.54 Å². The van der Waals surface area contributed by atoms with Crippen molar-refractivity contribution in [2.45, 2.75) is 43.9 Å². The SMILES string of the molecule is CCNC(C)c1cccc(SCc2ccc(CC)s2)c1. The van der Waals surface area contributed by atoms with E-state index in [2.05, 4.69) is 62.5 Å². The Kier molecular flexibility index (Phi) is 6.14. The summed E-state index contributed by atoms with van der Waals surface area (Å²) in [5.41, 5.74) is 1.37. The van der Waals surface area contributed by atoms with Crippen molar-refractivity contribution in [2.75, 3.05) is 6.54 Å². The van der Waals surface area contributed by atoms with E-state index in [-0.39, 0.29) is 0 Å². The molecular formula is C17H23NS2. The first kappa shape index (κ1) is 15.6. The lowest BCUT2D eigenvalue weighted by Gasteiger charge is -2.13. The molecule has 1 unspecified atom stereocenters. The monoisotopic (exact) mass is 305 g/mol. The van der Waals surface area contributed by atoms with Crippen LogP contribution >= 0.6 is 23.1 Å². The van der Waals surface area contributed by atoms with Gasteiger partial charge in [-0.1, -0.05) is 26.0 Å². The summed E-state index contributed by atoms with van der Waals surface area (Å²) in [6.45, 7) is 7.60. The van der Waals surface area contributed by atoms with Crippen molar-refractivity contribution in [3.63, 3.8) is 0 Å². The molecule has 20 heavy (non-hydrogen) atoms. The number of rotatable bonds is 7. The topological polar surface area (TPSA) is 12.0 Å². The Bertz CT molecular complexity index is 533. The molecule has 0 radical (unpaired) electrons. The second-order valence-electron chi connectivity index (χ2n) is 4.86. The summed E-state index contributed by atoms with van der Waals surface area (Å²) in [7, 11) is 0. The van der Waals surface area contributed by atoms with E-state index in [1.807, 2.05) is 23.1 Å². The Balaban J connectivity index is 1.97. The standard InChI is InChI=1S/C17H23NS2/c1-4-15-9-10-17(20-15)12-19-16-8-6-7-14(11-16)13(3)18-5-2/h6-11,13,18H,4-5,12H2,1-3H3. The van der Waals surface area contributed by atoms with Gasteiger partial charge in [-0.25, -0.2) is 0 Å². The van der Waals surface area contributed by atoms with Crippen LogP contribution in [0.4, 0.5) is 0 Å². The Labute approximate surface area is 130 Å². The predicted molar refractivity (Wildman–Crippen MR) is 91.8 cm³/mol. The average Bonchev–Trinajstić information content (AvgIpc) is 2.94. The number of aryl methyl sites for hydroxylation is 1. The predicted octanol–water partition coefficient (Wildman–Crippen LogP) is 5.27. The fourth-order valence-corrected chi connectivity index (χ4v) is 4.11. The third-order valence-corrected chi connectivity index (χ3v) is 5.77. The number of thioether (sulfide) groups is 1. The maximum Gasteiger partial charge on any atom is 0.0326 e. The number of hydrogen-bond acceptors (Lipinski definition) is 3. The highest BCUT2D eigenvalue weighted by molar-refractivity contribution is 7.98. The van der Waals surface area contributed by atoms with Crippen molar-refractivity contribution >= 4 is 23.1 Å². The normalized spacial score (nSPS) is 12.6. The molecule has 1 nitrogen and oxygen atoms in total. The molecule has 0 fully saturated rings. The number of hydrogen-bond donors (Lipinski definition) is 1. The second-order valence-corrected chi connectivity index (χ2v) is 7.16. The summed E-state index contributed by atoms with van der Waals surface area (Å²) < 4.78 is 0. The molecule has 0 aliphatic rings. The summed E-state index contributed by atoms with van der Waals surface area (Å²) in [5.74, 6) is 1.07. The molecule has 0 aliphatic carbocycles.